The molecule has 0 bridgehead atoms. The van der Waals surface area contributed by atoms with Crippen molar-refractivity contribution in [3.05, 3.63) is 90.5 Å². The number of hydrogen-bond acceptors (Lipinski definition) is 4. The van der Waals surface area contributed by atoms with E-state index in [2.05, 4.69) is 97.4 Å². The van der Waals surface area contributed by atoms with E-state index in [1.54, 1.807) is 0 Å². The average Bonchev–Trinajstić information content (AvgIpc) is 3.13. The van der Waals surface area contributed by atoms with Gasteiger partial charge in [0.15, 0.2) is 5.79 Å². The van der Waals surface area contributed by atoms with Crippen LogP contribution in [-0.4, -0.2) is 47.2 Å². The average molecular weight is 630 g/mol. The van der Waals surface area contributed by atoms with Gasteiger partial charge in [0.1, 0.15) is 11.7 Å². The molecule has 39 heavy (non-hydrogen) atoms. The molecule has 3 aromatic rings. The summed E-state index contributed by atoms with van der Waals surface area (Å²) in [4.78, 5) is 0.597. The fourth-order valence-electron chi connectivity index (χ4n) is 5.59. The molecule has 1 heterocycles. The van der Waals surface area contributed by atoms with Crippen LogP contribution in [0.4, 0.5) is 0 Å². The normalized spacial score (nSPS) is 22.9. The van der Waals surface area contributed by atoms with Crippen LogP contribution in [-0.2, 0) is 24.7 Å². The highest BCUT2D eigenvalue weighted by Gasteiger charge is 2.56. The summed E-state index contributed by atoms with van der Waals surface area (Å²) in [5.41, 5.74) is 0.387. The molecule has 1 saturated heterocycles. The smallest absolute Gasteiger partial charge is 0.261 e. The lowest BCUT2D eigenvalue weighted by atomic mass is 9.96. The van der Waals surface area contributed by atoms with Crippen LogP contribution in [0.3, 0.4) is 0 Å². The summed E-state index contributed by atoms with van der Waals surface area (Å²) < 4.78 is 33.5. The molecule has 0 saturated carbocycles. The first-order valence-electron chi connectivity index (χ1n) is 13.5. The van der Waals surface area contributed by atoms with Gasteiger partial charge in [0, 0.05) is 4.90 Å². The topological polar surface area (TPSA) is 44.8 Å². The van der Waals surface area contributed by atoms with E-state index in [1.807, 2.05) is 52.0 Å². The number of halogens is 1. The van der Waals surface area contributed by atoms with Gasteiger partial charge in [-0.05, 0) is 55.2 Å². The number of rotatable bonds is 9. The Kier molecular flexibility index (Phi) is 9.11. The predicted molar refractivity (Wildman–Crippen MR) is 167 cm³/mol. The Morgan fingerprint density at radius 3 is 1.92 bits per heavy atom. The van der Waals surface area contributed by atoms with Gasteiger partial charge in [-0.3, -0.25) is 4.21 Å². The third kappa shape index (κ3) is 6.34. The van der Waals surface area contributed by atoms with E-state index in [9.17, 15) is 4.21 Å². The van der Waals surface area contributed by atoms with Crippen LogP contribution in [0.25, 0.3) is 0 Å². The Balaban J connectivity index is 1.65. The van der Waals surface area contributed by atoms with Crippen LogP contribution >= 0.6 is 15.9 Å². The molecule has 4 rings (SSSR count). The fourth-order valence-corrected chi connectivity index (χ4v) is 12.2. The molecule has 1 aliphatic rings. The van der Waals surface area contributed by atoms with Gasteiger partial charge in [0.05, 0.1) is 28.0 Å². The molecular weight excluding hydrogens is 588 g/mol. The van der Waals surface area contributed by atoms with Gasteiger partial charge in [0.2, 0.25) is 0 Å². The van der Waals surface area contributed by atoms with E-state index in [-0.39, 0.29) is 16.0 Å². The number of hydrogen-bond donors (Lipinski definition) is 0. The summed E-state index contributed by atoms with van der Waals surface area (Å²) in [6, 6.07) is 29.1. The molecule has 3 aromatic carbocycles. The second-order valence-corrected chi connectivity index (χ2v) is 19.0. The zero-order valence-electron chi connectivity index (χ0n) is 24.1. The zero-order valence-corrected chi connectivity index (χ0v) is 27.5. The second kappa shape index (κ2) is 11.7. The Bertz CT molecular complexity index is 1220. The molecule has 7 heteroatoms. The largest absolute Gasteiger partial charge is 0.406 e. The summed E-state index contributed by atoms with van der Waals surface area (Å²) in [5.74, 6) is -0.468. The van der Waals surface area contributed by atoms with Gasteiger partial charge in [-0.1, -0.05) is 115 Å². The molecular formula is C32H41BrO4SSi. The molecule has 0 N–H and O–H groups in total. The highest BCUT2D eigenvalue weighted by Crippen LogP contribution is 2.43. The minimum absolute atomic E-state index is 0.137. The van der Waals surface area contributed by atoms with Gasteiger partial charge in [-0.15, -0.1) is 0 Å². The van der Waals surface area contributed by atoms with Crippen LogP contribution in [0, 0.1) is 6.92 Å². The molecule has 0 radical (unpaired) electrons. The first kappa shape index (κ1) is 30.3. The van der Waals surface area contributed by atoms with Gasteiger partial charge >= 0.3 is 0 Å². The minimum Gasteiger partial charge on any atom is -0.406 e. The van der Waals surface area contributed by atoms with Crippen LogP contribution in [0.2, 0.25) is 5.04 Å². The van der Waals surface area contributed by atoms with Crippen LogP contribution < -0.4 is 10.4 Å². The fraction of sp³-hybridized carbons (Fsp3) is 0.438. The standard InChI is InChI=1S/C32H41BrO4SSi/c1-24-18-20-25(21-19-24)38(34)23-29-32(7,37-31(5,6)36-29)28(33)22-35-39(30(2,3)4,26-14-10-8-11-15-26)27-16-12-9-13-17-27/h8-21,28-29H,22-23H2,1-7H3/t28-,29+,32+,38?/m0/s1. The summed E-state index contributed by atoms with van der Waals surface area (Å²) in [5, 5.41) is 2.33. The number of benzene rings is 3. The summed E-state index contributed by atoms with van der Waals surface area (Å²) >= 11 is 3.97. The quantitative estimate of drug-likeness (QED) is 0.204. The van der Waals surface area contributed by atoms with Gasteiger partial charge in [0.25, 0.3) is 8.32 Å². The third-order valence-electron chi connectivity index (χ3n) is 7.60. The molecule has 1 unspecified atom stereocenters. The number of aryl methyl sites for hydroxylation is 1. The highest BCUT2D eigenvalue weighted by atomic mass is 79.9. The monoisotopic (exact) mass is 628 g/mol. The summed E-state index contributed by atoms with van der Waals surface area (Å²) in [7, 11) is -3.96. The molecule has 1 aliphatic heterocycles. The van der Waals surface area contributed by atoms with E-state index in [4.69, 9.17) is 13.9 Å². The van der Waals surface area contributed by atoms with E-state index >= 15 is 0 Å². The van der Waals surface area contributed by atoms with Crippen LogP contribution in [0.1, 0.15) is 47.1 Å². The molecule has 210 valence electrons. The Labute approximate surface area is 246 Å². The van der Waals surface area contributed by atoms with Crippen molar-refractivity contribution in [1.82, 2.24) is 0 Å². The van der Waals surface area contributed by atoms with E-state index in [0.29, 0.717) is 12.4 Å². The number of alkyl halides is 1. The van der Waals surface area contributed by atoms with E-state index in [1.165, 1.54) is 10.4 Å². The lowest BCUT2D eigenvalue weighted by Gasteiger charge is -2.44. The maximum Gasteiger partial charge on any atom is 0.261 e. The Hall–Kier alpha value is -1.61. The maximum absolute atomic E-state index is 13.4. The van der Waals surface area contributed by atoms with Crippen molar-refractivity contribution in [3.63, 3.8) is 0 Å². The van der Waals surface area contributed by atoms with Crippen molar-refractivity contribution in [2.75, 3.05) is 12.4 Å². The van der Waals surface area contributed by atoms with Gasteiger partial charge in [-0.25, -0.2) is 0 Å². The lowest BCUT2D eigenvalue weighted by Crippen LogP contribution is -2.67. The molecule has 0 amide bonds. The molecule has 4 nitrogen and oxygen atoms in total. The summed E-state index contributed by atoms with van der Waals surface area (Å²) in [6.07, 6.45) is -0.387. The summed E-state index contributed by atoms with van der Waals surface area (Å²) in [6.45, 7) is 15.2. The van der Waals surface area contributed by atoms with Crippen molar-refractivity contribution < 1.29 is 18.1 Å². The SMILES string of the molecule is Cc1ccc(S(=O)C[C@H]2OC(C)(C)O[C@]2(C)[C@@H](Br)CO[Si](c2ccccc2)(c2ccccc2)C(C)(C)C)cc1. The van der Waals surface area contributed by atoms with Gasteiger partial charge < -0.3 is 13.9 Å². The van der Waals surface area contributed by atoms with Crippen molar-refractivity contribution >= 4 is 45.4 Å². The Morgan fingerprint density at radius 1 is 0.923 bits per heavy atom. The Morgan fingerprint density at radius 2 is 1.44 bits per heavy atom. The zero-order chi connectivity index (χ0) is 28.5. The minimum atomic E-state index is -2.73. The van der Waals surface area contributed by atoms with Crippen molar-refractivity contribution in [3.8, 4) is 0 Å². The molecule has 0 aromatic heterocycles. The first-order valence-corrected chi connectivity index (χ1v) is 17.6. The number of ether oxygens (including phenoxy) is 2. The van der Waals surface area contributed by atoms with Crippen molar-refractivity contribution in [2.24, 2.45) is 0 Å². The molecule has 0 aliphatic carbocycles. The second-order valence-electron chi connectivity index (χ2n) is 12.1. The molecule has 4 atom stereocenters. The molecule has 1 fully saturated rings. The molecule has 0 spiro atoms. The van der Waals surface area contributed by atoms with Crippen LogP contribution in [0.15, 0.2) is 89.8 Å². The maximum atomic E-state index is 13.4. The first-order chi connectivity index (χ1) is 18.3. The highest BCUT2D eigenvalue weighted by molar-refractivity contribution is 9.09. The van der Waals surface area contributed by atoms with Crippen LogP contribution in [0.5, 0.6) is 0 Å². The lowest BCUT2D eigenvalue weighted by molar-refractivity contribution is -0.160. The van der Waals surface area contributed by atoms with E-state index in [0.717, 1.165) is 10.5 Å². The van der Waals surface area contributed by atoms with Crippen molar-refractivity contribution in [2.45, 2.75) is 80.7 Å². The van der Waals surface area contributed by atoms with Crippen molar-refractivity contribution in [1.29, 1.82) is 0 Å². The third-order valence-corrected chi connectivity index (χ3v) is 15.2. The van der Waals surface area contributed by atoms with E-state index < -0.39 is 30.5 Å². The van der Waals surface area contributed by atoms with Gasteiger partial charge in [-0.2, -0.15) is 0 Å². The predicted octanol–water partition coefficient (Wildman–Crippen LogP) is 6.35.